The first-order chi connectivity index (χ1) is 28.9. The van der Waals surface area contributed by atoms with Gasteiger partial charge in [-0.2, -0.15) is 36.4 Å². The summed E-state index contributed by atoms with van der Waals surface area (Å²) >= 11 is 0. The van der Waals surface area contributed by atoms with Gasteiger partial charge in [-0.15, -0.1) is 0 Å². The van der Waals surface area contributed by atoms with Crippen LogP contribution in [0.3, 0.4) is 0 Å². The Kier molecular flexibility index (Phi) is 54.1. The van der Waals surface area contributed by atoms with Crippen molar-refractivity contribution >= 4 is 66.8 Å². The zero-order valence-corrected chi connectivity index (χ0v) is 49.6. The van der Waals surface area contributed by atoms with Crippen LogP contribution in [0.4, 0.5) is 0 Å². The average Bonchev–Trinajstić information content (AvgIpc) is 3.32. The summed E-state index contributed by atoms with van der Waals surface area (Å²) in [6.07, 6.45) is 13.1. The monoisotopic (exact) mass is 1220 g/mol. The van der Waals surface area contributed by atoms with Gasteiger partial charge in [0.2, 0.25) is 0 Å². The normalized spacial score (nSPS) is 9.41. The van der Waals surface area contributed by atoms with E-state index in [2.05, 4.69) is 220 Å². The Morgan fingerprint density at radius 3 is 0.698 bits per heavy atom. The Balaban J connectivity index is -0.000000349. The van der Waals surface area contributed by atoms with Crippen molar-refractivity contribution in [1.29, 1.82) is 0 Å². The second-order valence-electron chi connectivity index (χ2n) is 13.7. The van der Waals surface area contributed by atoms with Crippen molar-refractivity contribution < 1.29 is 61.3 Å². The molecule has 0 fully saturated rings. The molecule has 6 aromatic rings. The predicted molar refractivity (Wildman–Crippen MR) is 297 cm³/mol. The Labute approximate surface area is 437 Å². The second kappa shape index (κ2) is 49.4. The van der Waals surface area contributed by atoms with Crippen LogP contribution in [0.2, 0.25) is 0 Å². The molecule has 0 aliphatic carbocycles. The second-order valence-corrected chi connectivity index (χ2v) is 28.2. The SMILES string of the molecule is CC[PH+](CC)CC.CC[PH+](CC)CC.CC[PH+](CC)CC.[CH3-].[Pd].[Pd].[Pd].[c-]1ccccc1.c1ccc(P(c2ccccc2)c2ccccc2)cc1.c1ccc(Pc2ccccc2)cc1. The van der Waals surface area contributed by atoms with Crippen molar-refractivity contribution in [2.24, 2.45) is 0 Å². The molecule has 0 aromatic heterocycles. The first-order valence-corrected chi connectivity index (χ1v) is 30.9. The summed E-state index contributed by atoms with van der Waals surface area (Å²) in [5.41, 5.74) is 0. The first kappa shape index (κ1) is 69.0. The Morgan fingerprint density at radius 1 is 0.333 bits per heavy atom. The maximum atomic E-state index is 2.89. The van der Waals surface area contributed by atoms with E-state index in [9.17, 15) is 0 Å². The van der Waals surface area contributed by atoms with Gasteiger partial charge < -0.3 is 7.43 Å². The summed E-state index contributed by atoms with van der Waals surface area (Å²) < 4.78 is 0. The first-order valence-electron chi connectivity index (χ1n) is 22.2. The van der Waals surface area contributed by atoms with Crippen LogP contribution >= 0.6 is 40.3 Å². The van der Waals surface area contributed by atoms with Gasteiger partial charge in [0.25, 0.3) is 0 Å². The third-order valence-corrected chi connectivity index (χ3v) is 22.7. The van der Waals surface area contributed by atoms with Crippen LogP contribution in [-0.4, -0.2) is 55.5 Å². The zero-order chi connectivity index (χ0) is 43.2. The van der Waals surface area contributed by atoms with Gasteiger partial charge in [-0.1, -0.05) is 160 Å². The molecule has 0 aliphatic heterocycles. The van der Waals surface area contributed by atoms with Crippen LogP contribution < -0.4 is 26.5 Å². The van der Waals surface area contributed by atoms with E-state index in [1.165, 1.54) is 82.0 Å². The minimum atomic E-state index is -0.446. The van der Waals surface area contributed by atoms with Crippen molar-refractivity contribution in [1.82, 2.24) is 0 Å². The van der Waals surface area contributed by atoms with Gasteiger partial charge in [-0.25, -0.2) is 0 Å². The topological polar surface area (TPSA) is 0 Å². The predicted octanol–water partition coefficient (Wildman–Crippen LogP) is 14.5. The van der Waals surface area contributed by atoms with Crippen molar-refractivity contribution in [2.45, 2.75) is 62.3 Å². The molecule has 6 aromatic carbocycles. The molecule has 0 heterocycles. The zero-order valence-electron chi connectivity index (χ0n) is 40.1. The van der Waals surface area contributed by atoms with Crippen molar-refractivity contribution in [3.63, 3.8) is 0 Å². The van der Waals surface area contributed by atoms with Crippen LogP contribution in [0.5, 0.6) is 0 Å². The van der Waals surface area contributed by atoms with E-state index in [0.717, 1.165) is 8.58 Å². The van der Waals surface area contributed by atoms with E-state index in [-0.39, 0.29) is 92.5 Å². The van der Waals surface area contributed by atoms with Gasteiger partial charge in [-0.3, -0.25) is 0 Å². The molecule has 63 heavy (non-hydrogen) atoms. The molecule has 0 saturated heterocycles. The molecule has 6 rings (SSSR count). The molecule has 356 valence electrons. The van der Waals surface area contributed by atoms with E-state index in [4.69, 9.17) is 0 Å². The number of hydrogen-bond donors (Lipinski definition) is 0. The van der Waals surface area contributed by atoms with Crippen molar-refractivity contribution in [3.8, 4) is 0 Å². The number of rotatable bonds is 14. The molecular formula is C55H82P5Pd3+. The number of benzene rings is 6. The van der Waals surface area contributed by atoms with Gasteiger partial charge in [0.15, 0.2) is 0 Å². The minimum Gasteiger partial charge on any atom is -0.358 e. The average molecular weight is 1220 g/mol. The summed E-state index contributed by atoms with van der Waals surface area (Å²) in [5, 5.41) is 6.99. The summed E-state index contributed by atoms with van der Waals surface area (Å²) in [5.74, 6) is 0. The van der Waals surface area contributed by atoms with Gasteiger partial charge in [0.1, 0.15) is 0 Å². The van der Waals surface area contributed by atoms with Gasteiger partial charge in [-0.05, 0) is 121 Å². The molecule has 0 bridgehead atoms. The van der Waals surface area contributed by atoms with Crippen LogP contribution in [-0.2, 0) is 61.3 Å². The van der Waals surface area contributed by atoms with E-state index in [1.54, 1.807) is 0 Å². The van der Waals surface area contributed by atoms with E-state index < -0.39 is 7.92 Å². The Bertz CT molecular complexity index is 1510. The van der Waals surface area contributed by atoms with Crippen molar-refractivity contribution in [3.05, 3.63) is 195 Å². The molecule has 0 amide bonds. The fraction of sp³-hybridized carbons (Fsp3) is 0.327. The summed E-state index contributed by atoms with van der Waals surface area (Å²) in [6.45, 7) is 20.8. The minimum absolute atomic E-state index is 0. The molecule has 0 nitrogen and oxygen atoms in total. The Hall–Kier alpha value is -0.543. The largest absolute Gasteiger partial charge is 0.358 e. The molecule has 0 N–H and O–H groups in total. The third-order valence-electron chi connectivity index (χ3n) is 9.99. The maximum Gasteiger partial charge on any atom is 0.0543 e. The molecular weight excluding hydrogens is 1130 g/mol. The maximum absolute atomic E-state index is 2.89. The molecule has 0 spiro atoms. The van der Waals surface area contributed by atoms with Gasteiger partial charge in [0, 0.05) is 61.3 Å². The van der Waals surface area contributed by atoms with Crippen LogP contribution in [0.1, 0.15) is 62.3 Å². The summed E-state index contributed by atoms with van der Waals surface area (Å²) in [4.78, 5) is 0. The van der Waals surface area contributed by atoms with Crippen LogP contribution in [0.15, 0.2) is 182 Å². The molecule has 0 saturated carbocycles. The van der Waals surface area contributed by atoms with Crippen molar-refractivity contribution in [2.75, 3.05) is 55.5 Å². The molecule has 8 heteroatoms. The van der Waals surface area contributed by atoms with Gasteiger partial charge in [0.05, 0.1) is 55.5 Å². The van der Waals surface area contributed by atoms with Gasteiger partial charge >= 0.3 is 0 Å². The molecule has 0 unspecified atom stereocenters. The van der Waals surface area contributed by atoms with E-state index in [0.29, 0.717) is 0 Å². The Morgan fingerprint density at radius 2 is 0.540 bits per heavy atom. The smallest absolute Gasteiger partial charge is 0.0543 e. The number of hydrogen-bond acceptors (Lipinski definition) is 0. The standard InChI is InChI=1S/C18H15P.C12H11P.3C6H15P.C6H5.CH3.3Pd/c1-4-10-16(11-5-1)19(17-12-6-2-7-13-17)18-14-8-3-9-15-18;1-3-7-11(8-4-1)13-12-9-5-2-6-10-12;3*1-4-7(5-2)6-3;1-2-4-6-5-3-1;;;;/h1-15H;1-10,13H;3*4-6H2,1-3H3;1-5H;1H3;;;/q;;;;;2*-1;;;/p+3. The fourth-order valence-corrected chi connectivity index (χ4v) is 13.8. The molecule has 0 radical (unpaired) electrons. The quantitative estimate of drug-likeness (QED) is 0.0579. The van der Waals surface area contributed by atoms with E-state index >= 15 is 0 Å². The summed E-state index contributed by atoms with van der Waals surface area (Å²) in [6, 6.07) is 66.0. The van der Waals surface area contributed by atoms with Crippen LogP contribution in [0, 0.1) is 13.5 Å². The summed E-state index contributed by atoms with van der Waals surface area (Å²) in [7, 11) is 0.743. The molecule has 0 aliphatic rings. The van der Waals surface area contributed by atoms with Crippen LogP contribution in [0.25, 0.3) is 0 Å². The third kappa shape index (κ3) is 34.4. The molecule has 0 atom stereocenters. The van der Waals surface area contributed by atoms with E-state index in [1.807, 2.05) is 30.3 Å². The fourth-order valence-electron chi connectivity index (χ4n) is 5.98.